The van der Waals surface area contributed by atoms with Crippen LogP contribution in [0.4, 0.5) is 5.69 Å². The van der Waals surface area contributed by atoms with E-state index in [4.69, 9.17) is 4.74 Å². The molecule has 1 saturated heterocycles. The van der Waals surface area contributed by atoms with E-state index >= 15 is 0 Å². The van der Waals surface area contributed by atoms with E-state index in [0.717, 1.165) is 22.0 Å². The summed E-state index contributed by atoms with van der Waals surface area (Å²) in [5.74, 6) is -3.00. The highest BCUT2D eigenvalue weighted by Crippen LogP contribution is 2.38. The number of carbonyl (C=O) groups excluding carboxylic acids is 4. The van der Waals surface area contributed by atoms with E-state index in [2.05, 4.69) is 5.32 Å². The van der Waals surface area contributed by atoms with Gasteiger partial charge in [-0.3, -0.25) is 19.3 Å². The Morgan fingerprint density at radius 3 is 2.31 bits per heavy atom. The van der Waals surface area contributed by atoms with Crippen LogP contribution in [0.25, 0.3) is 0 Å². The van der Waals surface area contributed by atoms with Crippen LogP contribution in [-0.4, -0.2) is 68.1 Å². The maximum Gasteiger partial charge on any atom is 0.329 e. The Bertz CT molecular complexity index is 1010. The first-order valence-electron chi connectivity index (χ1n) is 10.4. The molecule has 0 aromatic heterocycles. The largest absolute Gasteiger partial charge is 0.454 e. The Balaban J connectivity index is 1.58. The van der Waals surface area contributed by atoms with Gasteiger partial charge < -0.3 is 10.1 Å². The van der Waals surface area contributed by atoms with Crippen molar-refractivity contribution < 1.29 is 32.3 Å². The second kappa shape index (κ2) is 9.37. The molecule has 1 heterocycles. The molecule has 0 radical (unpaired) electrons. The van der Waals surface area contributed by atoms with Crippen molar-refractivity contribution in [2.75, 3.05) is 26.0 Å². The third kappa shape index (κ3) is 4.68. The van der Waals surface area contributed by atoms with Gasteiger partial charge in [0.25, 0.3) is 5.91 Å². The van der Waals surface area contributed by atoms with Gasteiger partial charge in [-0.25, -0.2) is 17.5 Å². The monoisotopic (exact) mass is 465 g/mol. The summed E-state index contributed by atoms with van der Waals surface area (Å²) in [7, 11) is -0.884. The molecule has 2 aliphatic rings. The van der Waals surface area contributed by atoms with Crippen molar-refractivity contribution >= 4 is 39.4 Å². The fourth-order valence-electron chi connectivity index (χ4n) is 4.07. The van der Waals surface area contributed by atoms with E-state index in [9.17, 15) is 27.6 Å². The van der Waals surface area contributed by atoms with Crippen LogP contribution >= 0.6 is 0 Å². The molecule has 1 aromatic rings. The van der Waals surface area contributed by atoms with Gasteiger partial charge in [-0.2, -0.15) is 0 Å². The number of hydrogen-bond acceptors (Lipinski definition) is 7. The fourth-order valence-corrected chi connectivity index (χ4v) is 5.02. The van der Waals surface area contributed by atoms with Gasteiger partial charge >= 0.3 is 5.97 Å². The average molecular weight is 466 g/mol. The summed E-state index contributed by atoms with van der Waals surface area (Å²) in [6, 6.07) is 4.54. The van der Waals surface area contributed by atoms with Gasteiger partial charge in [0.05, 0.1) is 16.7 Å². The highest BCUT2D eigenvalue weighted by atomic mass is 32.2. The predicted octanol–water partition coefficient (Wildman–Crippen LogP) is 0.982. The van der Waals surface area contributed by atoms with Crippen molar-refractivity contribution in [2.24, 2.45) is 11.8 Å². The number of fused-ring (bicyclic) bond motifs is 1. The molecule has 0 spiro atoms. The second-order valence-corrected chi connectivity index (χ2v) is 10.3. The second-order valence-electron chi connectivity index (χ2n) is 8.19. The zero-order chi connectivity index (χ0) is 23.6. The number of likely N-dealkylation sites (tertiary alicyclic amines) is 1. The van der Waals surface area contributed by atoms with Gasteiger partial charge in [0, 0.05) is 19.8 Å². The number of hydrogen-bond donors (Lipinski definition) is 1. The number of anilines is 1. The minimum absolute atomic E-state index is 0.00144. The van der Waals surface area contributed by atoms with Crippen molar-refractivity contribution in [3.05, 3.63) is 24.3 Å². The first-order chi connectivity index (χ1) is 15.0. The molecule has 10 nitrogen and oxygen atoms in total. The summed E-state index contributed by atoms with van der Waals surface area (Å²) in [5, 5.41) is 2.47. The quantitative estimate of drug-likeness (QED) is 0.469. The number of rotatable bonds is 7. The van der Waals surface area contributed by atoms with Crippen molar-refractivity contribution in [1.29, 1.82) is 0 Å². The molecule has 2 fully saturated rings. The fraction of sp³-hybridized carbons (Fsp3) is 0.524. The molecule has 3 atom stereocenters. The number of benzene rings is 1. The Morgan fingerprint density at radius 1 is 1.16 bits per heavy atom. The van der Waals surface area contributed by atoms with E-state index in [1.165, 1.54) is 45.3 Å². The van der Waals surface area contributed by atoms with Crippen LogP contribution in [0, 0.1) is 11.8 Å². The zero-order valence-electron chi connectivity index (χ0n) is 18.2. The lowest BCUT2D eigenvalue weighted by Crippen LogP contribution is -2.45. The van der Waals surface area contributed by atoms with Gasteiger partial charge in [-0.1, -0.05) is 18.9 Å². The van der Waals surface area contributed by atoms with E-state index < -0.39 is 34.5 Å². The number of nitrogens with one attached hydrogen (secondary N) is 1. The normalized spacial score (nSPS) is 21.9. The third-order valence-corrected chi connectivity index (χ3v) is 7.66. The molecule has 1 aliphatic heterocycles. The molecule has 11 heteroatoms. The van der Waals surface area contributed by atoms with Crippen LogP contribution in [0.5, 0.6) is 0 Å². The van der Waals surface area contributed by atoms with Crippen LogP contribution in [0.15, 0.2) is 29.2 Å². The summed E-state index contributed by atoms with van der Waals surface area (Å²) in [6.07, 6.45) is 3.03. The van der Waals surface area contributed by atoms with Gasteiger partial charge in [-0.15, -0.1) is 0 Å². The lowest BCUT2D eigenvalue weighted by Gasteiger charge is -2.21. The lowest BCUT2D eigenvalue weighted by molar-refractivity contribution is -0.159. The Morgan fingerprint density at radius 2 is 1.75 bits per heavy atom. The lowest BCUT2D eigenvalue weighted by atomic mass is 9.81. The first kappa shape index (κ1) is 23.9. The topological polar surface area (TPSA) is 130 Å². The number of carbonyl (C=O) groups is 4. The standard InChI is InChI=1S/C21H27N3O7S/c1-13(24-19(26)16-9-4-5-10-17(16)20(24)27)21(28)31-12-18(25)22-14-7-6-8-15(11-14)32(29,30)23(2)3/h6-8,11,13,16-17H,4-5,9-10,12H2,1-3H3,(H,22,25)/t13-,16?,17?/m0/s1. The van der Waals surface area contributed by atoms with E-state index in [1.807, 2.05) is 0 Å². The van der Waals surface area contributed by atoms with Crippen LogP contribution in [-0.2, 0) is 33.9 Å². The maximum atomic E-state index is 12.6. The smallest absolute Gasteiger partial charge is 0.329 e. The molecular weight excluding hydrogens is 438 g/mol. The van der Waals surface area contributed by atoms with Crippen LogP contribution in [0.1, 0.15) is 32.6 Å². The van der Waals surface area contributed by atoms with Gasteiger partial charge in [0.2, 0.25) is 21.8 Å². The summed E-state index contributed by atoms with van der Waals surface area (Å²) in [5.41, 5.74) is 0.219. The number of ether oxygens (including phenoxy) is 1. The summed E-state index contributed by atoms with van der Waals surface area (Å²) in [6.45, 7) is 0.764. The summed E-state index contributed by atoms with van der Waals surface area (Å²) < 4.78 is 30.5. The van der Waals surface area contributed by atoms with Gasteiger partial charge in [0.1, 0.15) is 6.04 Å². The number of amides is 3. The summed E-state index contributed by atoms with van der Waals surface area (Å²) >= 11 is 0. The number of nitrogens with zero attached hydrogens (tertiary/aromatic N) is 2. The molecule has 32 heavy (non-hydrogen) atoms. The van der Waals surface area contributed by atoms with Crippen molar-refractivity contribution in [3.8, 4) is 0 Å². The van der Waals surface area contributed by atoms with Crippen molar-refractivity contribution in [2.45, 2.75) is 43.5 Å². The molecule has 3 amide bonds. The first-order valence-corrected chi connectivity index (χ1v) is 11.8. The highest BCUT2D eigenvalue weighted by molar-refractivity contribution is 7.89. The third-order valence-electron chi connectivity index (χ3n) is 5.85. The average Bonchev–Trinajstić information content (AvgIpc) is 3.02. The van der Waals surface area contributed by atoms with Crippen LogP contribution < -0.4 is 5.32 Å². The predicted molar refractivity (Wildman–Crippen MR) is 114 cm³/mol. The SMILES string of the molecule is C[C@@H](C(=O)OCC(=O)Nc1cccc(S(=O)(=O)N(C)C)c1)N1C(=O)C2CCCCC2C1=O. The van der Waals surface area contributed by atoms with Gasteiger partial charge in [0.15, 0.2) is 6.61 Å². The molecule has 174 valence electrons. The van der Waals surface area contributed by atoms with E-state index in [-0.39, 0.29) is 34.2 Å². The number of esters is 1. The highest BCUT2D eigenvalue weighted by Gasteiger charge is 2.51. The summed E-state index contributed by atoms with van der Waals surface area (Å²) in [4.78, 5) is 50.8. The van der Waals surface area contributed by atoms with E-state index in [1.54, 1.807) is 0 Å². The minimum atomic E-state index is -3.67. The van der Waals surface area contributed by atoms with Crippen molar-refractivity contribution in [3.63, 3.8) is 0 Å². The maximum absolute atomic E-state index is 12.6. The Labute approximate surface area is 186 Å². The Hall–Kier alpha value is -2.79. The minimum Gasteiger partial charge on any atom is -0.454 e. The van der Waals surface area contributed by atoms with Crippen molar-refractivity contribution in [1.82, 2.24) is 9.21 Å². The molecule has 0 bridgehead atoms. The number of sulfonamides is 1. The molecule has 1 N–H and O–H groups in total. The van der Waals surface area contributed by atoms with E-state index in [0.29, 0.717) is 12.8 Å². The molecule has 1 aromatic carbocycles. The molecule has 3 rings (SSSR count). The molecular formula is C21H27N3O7S. The van der Waals surface area contributed by atoms with Crippen LogP contribution in [0.3, 0.4) is 0 Å². The molecule has 2 unspecified atom stereocenters. The van der Waals surface area contributed by atoms with Crippen LogP contribution in [0.2, 0.25) is 0 Å². The molecule has 1 aliphatic carbocycles. The zero-order valence-corrected chi connectivity index (χ0v) is 19.1. The number of imide groups is 1. The Kier molecular flexibility index (Phi) is 6.99. The molecule has 1 saturated carbocycles. The van der Waals surface area contributed by atoms with Gasteiger partial charge in [-0.05, 0) is 38.0 Å².